The summed E-state index contributed by atoms with van der Waals surface area (Å²) < 4.78 is 10.5. The Kier molecular flexibility index (Phi) is 5.72. The van der Waals surface area contributed by atoms with Crippen LogP contribution >= 0.6 is 0 Å². The van der Waals surface area contributed by atoms with Gasteiger partial charge in [0.05, 0.1) is 6.61 Å². The second-order valence-corrected chi connectivity index (χ2v) is 8.74. The summed E-state index contributed by atoms with van der Waals surface area (Å²) in [5, 5.41) is 0. The molecule has 0 fully saturated rings. The number of hydrogen-bond donors (Lipinski definition) is 0. The van der Waals surface area contributed by atoms with Crippen LogP contribution in [-0.2, 0) is 14.0 Å². The van der Waals surface area contributed by atoms with E-state index in [1.165, 1.54) is 0 Å². The smallest absolute Gasteiger partial charge is 0.333 e. The van der Waals surface area contributed by atoms with E-state index in [0.29, 0.717) is 18.8 Å². The second kappa shape index (κ2) is 5.98. The summed E-state index contributed by atoms with van der Waals surface area (Å²) in [6, 6.07) is 0. The molecule has 0 radical (unpaired) electrons. The van der Waals surface area contributed by atoms with Crippen molar-refractivity contribution in [3.05, 3.63) is 12.2 Å². The van der Waals surface area contributed by atoms with Gasteiger partial charge in [-0.15, -0.1) is 0 Å². The maximum atomic E-state index is 10.9. The number of rotatable bonds is 6. The molecular weight excluding hydrogens is 196 g/mol. The fourth-order valence-corrected chi connectivity index (χ4v) is 1.48. The lowest BCUT2D eigenvalue weighted by Crippen LogP contribution is -2.26. The summed E-state index contributed by atoms with van der Waals surface area (Å²) in [6.07, 6.45) is 0.753. The van der Waals surface area contributed by atoms with E-state index in [1.807, 2.05) is 0 Å². The van der Waals surface area contributed by atoms with Crippen LogP contribution in [0.2, 0.25) is 19.6 Å². The van der Waals surface area contributed by atoms with Crippen LogP contribution in [0, 0.1) is 0 Å². The molecule has 0 N–H and O–H groups in total. The summed E-state index contributed by atoms with van der Waals surface area (Å²) in [7, 11) is -1.41. The molecule has 0 unspecified atom stereocenters. The number of hydrogen-bond acceptors (Lipinski definition) is 3. The van der Waals surface area contributed by atoms with Gasteiger partial charge in [-0.2, -0.15) is 0 Å². The molecule has 3 nitrogen and oxygen atoms in total. The van der Waals surface area contributed by atoms with Crippen molar-refractivity contribution in [3.8, 4) is 0 Å². The quantitative estimate of drug-likeness (QED) is 0.296. The molecule has 0 heterocycles. The van der Waals surface area contributed by atoms with Crippen molar-refractivity contribution < 1.29 is 14.0 Å². The van der Waals surface area contributed by atoms with Crippen molar-refractivity contribution in [1.29, 1.82) is 0 Å². The van der Waals surface area contributed by atoms with Crippen LogP contribution in [-0.4, -0.2) is 27.5 Å². The molecule has 0 aliphatic carbocycles. The molecule has 0 bridgehead atoms. The standard InChI is InChI=1S/C10H20O3Si/c1-9(2)10(11)12-7-6-8-13-14(3,4)5/h1,6-8H2,2-5H3. The molecule has 0 amide bonds. The second-order valence-electron chi connectivity index (χ2n) is 4.23. The van der Waals surface area contributed by atoms with Crippen molar-refractivity contribution in [3.63, 3.8) is 0 Å². The highest BCUT2D eigenvalue weighted by atomic mass is 28.4. The largest absolute Gasteiger partial charge is 0.462 e. The SMILES string of the molecule is C=C(C)C(=O)OCCCO[Si](C)(C)C. The average molecular weight is 216 g/mol. The lowest BCUT2D eigenvalue weighted by molar-refractivity contribution is -0.139. The Bertz CT molecular complexity index is 206. The summed E-state index contributed by atoms with van der Waals surface area (Å²) in [5.74, 6) is -0.321. The van der Waals surface area contributed by atoms with Gasteiger partial charge in [-0.05, 0) is 26.6 Å². The molecule has 0 saturated carbocycles. The van der Waals surface area contributed by atoms with Crippen LogP contribution in [0.3, 0.4) is 0 Å². The minimum Gasteiger partial charge on any atom is -0.462 e. The topological polar surface area (TPSA) is 35.5 Å². The Balaban J connectivity index is 3.39. The highest BCUT2D eigenvalue weighted by Crippen LogP contribution is 2.03. The third-order valence-corrected chi connectivity index (χ3v) is 2.48. The van der Waals surface area contributed by atoms with Crippen molar-refractivity contribution in [2.75, 3.05) is 13.2 Å². The molecule has 0 saturated heterocycles. The fraction of sp³-hybridized carbons (Fsp3) is 0.700. The van der Waals surface area contributed by atoms with Gasteiger partial charge < -0.3 is 9.16 Å². The minimum absolute atomic E-state index is 0.321. The van der Waals surface area contributed by atoms with Crippen molar-refractivity contribution in [2.24, 2.45) is 0 Å². The lowest BCUT2D eigenvalue weighted by atomic mass is 10.4. The summed E-state index contributed by atoms with van der Waals surface area (Å²) >= 11 is 0. The first kappa shape index (κ1) is 13.4. The lowest BCUT2D eigenvalue weighted by Gasteiger charge is -2.16. The zero-order valence-corrected chi connectivity index (χ0v) is 10.6. The van der Waals surface area contributed by atoms with Crippen molar-refractivity contribution in [2.45, 2.75) is 33.0 Å². The van der Waals surface area contributed by atoms with Gasteiger partial charge in [0, 0.05) is 18.6 Å². The van der Waals surface area contributed by atoms with Gasteiger partial charge in [0.1, 0.15) is 0 Å². The number of carbonyl (C=O) groups excluding carboxylic acids is 1. The zero-order valence-electron chi connectivity index (χ0n) is 9.55. The first-order valence-electron chi connectivity index (χ1n) is 4.79. The first-order chi connectivity index (χ1) is 6.33. The van der Waals surface area contributed by atoms with Gasteiger partial charge >= 0.3 is 5.97 Å². The summed E-state index contributed by atoms with van der Waals surface area (Å²) in [6.45, 7) is 12.6. The van der Waals surface area contributed by atoms with E-state index in [-0.39, 0.29) is 5.97 Å². The number of carbonyl (C=O) groups is 1. The zero-order chi connectivity index (χ0) is 11.2. The normalized spacial score (nSPS) is 11.1. The highest BCUT2D eigenvalue weighted by molar-refractivity contribution is 6.69. The Labute approximate surface area is 87.2 Å². The van der Waals surface area contributed by atoms with Crippen LogP contribution < -0.4 is 0 Å². The third kappa shape index (κ3) is 8.01. The molecule has 0 rings (SSSR count). The van der Waals surface area contributed by atoms with E-state index in [2.05, 4.69) is 26.2 Å². The van der Waals surface area contributed by atoms with Crippen LogP contribution in [0.15, 0.2) is 12.2 Å². The Hall–Kier alpha value is -0.613. The number of esters is 1. The van der Waals surface area contributed by atoms with Crippen molar-refractivity contribution >= 4 is 14.3 Å². The monoisotopic (exact) mass is 216 g/mol. The molecule has 14 heavy (non-hydrogen) atoms. The maximum Gasteiger partial charge on any atom is 0.333 e. The molecule has 0 spiro atoms. The molecule has 82 valence electrons. The molecule has 0 aliphatic heterocycles. The van der Waals surface area contributed by atoms with Gasteiger partial charge in [0.25, 0.3) is 0 Å². The molecule has 4 heteroatoms. The molecule has 0 aromatic carbocycles. The van der Waals surface area contributed by atoms with Crippen LogP contribution in [0.25, 0.3) is 0 Å². The van der Waals surface area contributed by atoms with Gasteiger partial charge in [0.2, 0.25) is 0 Å². The Morgan fingerprint density at radius 2 is 1.86 bits per heavy atom. The fourth-order valence-electron chi connectivity index (χ4n) is 0.725. The first-order valence-corrected chi connectivity index (χ1v) is 8.20. The van der Waals surface area contributed by atoms with Crippen LogP contribution in [0.1, 0.15) is 13.3 Å². The van der Waals surface area contributed by atoms with Gasteiger partial charge in [-0.3, -0.25) is 0 Å². The molecule has 0 aliphatic rings. The van der Waals surface area contributed by atoms with E-state index in [4.69, 9.17) is 9.16 Å². The summed E-state index contributed by atoms with van der Waals surface area (Å²) in [5.41, 5.74) is 0.441. The van der Waals surface area contributed by atoms with Gasteiger partial charge in [-0.25, -0.2) is 4.79 Å². The van der Waals surface area contributed by atoms with E-state index >= 15 is 0 Å². The van der Waals surface area contributed by atoms with Gasteiger partial charge in [0.15, 0.2) is 8.32 Å². The van der Waals surface area contributed by atoms with Crippen molar-refractivity contribution in [1.82, 2.24) is 0 Å². The van der Waals surface area contributed by atoms with E-state index in [9.17, 15) is 4.79 Å². The van der Waals surface area contributed by atoms with Crippen LogP contribution in [0.4, 0.5) is 0 Å². The minimum atomic E-state index is -1.41. The van der Waals surface area contributed by atoms with E-state index < -0.39 is 8.32 Å². The van der Waals surface area contributed by atoms with E-state index in [1.54, 1.807) is 6.92 Å². The molecule has 0 aromatic rings. The van der Waals surface area contributed by atoms with E-state index in [0.717, 1.165) is 6.42 Å². The Morgan fingerprint density at radius 3 is 2.29 bits per heavy atom. The third-order valence-electron chi connectivity index (χ3n) is 1.41. The predicted molar refractivity (Wildman–Crippen MR) is 59.7 cm³/mol. The molecular formula is C10H20O3Si. The van der Waals surface area contributed by atoms with Gasteiger partial charge in [-0.1, -0.05) is 6.58 Å². The summed E-state index contributed by atoms with van der Waals surface area (Å²) in [4.78, 5) is 10.9. The Morgan fingerprint density at radius 1 is 1.29 bits per heavy atom. The maximum absolute atomic E-state index is 10.9. The van der Waals surface area contributed by atoms with Crippen LogP contribution in [0.5, 0.6) is 0 Å². The molecule has 0 aromatic heterocycles. The molecule has 0 atom stereocenters. The number of ether oxygens (including phenoxy) is 1. The highest BCUT2D eigenvalue weighted by Gasteiger charge is 2.13. The average Bonchev–Trinajstić information content (AvgIpc) is 2.01. The predicted octanol–water partition coefficient (Wildman–Crippen LogP) is 2.35.